The molecule has 0 aliphatic carbocycles. The molecule has 0 aromatic carbocycles. The lowest BCUT2D eigenvalue weighted by Gasteiger charge is -2.39. The molecule has 3 rings (SSSR count). The highest BCUT2D eigenvalue weighted by atomic mass is 32.2. The lowest BCUT2D eigenvalue weighted by Crippen LogP contribution is -2.49. The Morgan fingerprint density at radius 1 is 1.17 bits per heavy atom. The highest BCUT2D eigenvalue weighted by molar-refractivity contribution is 7.98. The van der Waals surface area contributed by atoms with Crippen LogP contribution in [0.2, 0.25) is 0 Å². The Bertz CT molecular complexity index is 520. The molecule has 1 aromatic rings. The van der Waals surface area contributed by atoms with Crippen molar-refractivity contribution in [3.63, 3.8) is 0 Å². The fourth-order valence-corrected chi connectivity index (χ4v) is 3.65. The Labute approximate surface area is 140 Å². The summed E-state index contributed by atoms with van der Waals surface area (Å²) < 4.78 is 11.1. The molecule has 2 aliphatic heterocycles. The molecule has 1 N–H and O–H groups in total. The summed E-state index contributed by atoms with van der Waals surface area (Å²) in [6.07, 6.45) is 8.05. The molecule has 0 saturated carbocycles. The van der Waals surface area contributed by atoms with Crippen LogP contribution >= 0.6 is 11.8 Å². The van der Waals surface area contributed by atoms with Gasteiger partial charge in [-0.15, -0.1) is 0 Å². The molecule has 126 valence electrons. The second-order valence-electron chi connectivity index (χ2n) is 6.02. The van der Waals surface area contributed by atoms with Crippen LogP contribution in [0.1, 0.15) is 29.6 Å². The maximum atomic E-state index is 12.5. The molecule has 0 bridgehead atoms. The molecule has 2 aliphatic rings. The zero-order chi connectivity index (χ0) is 16.1. The van der Waals surface area contributed by atoms with Gasteiger partial charge in [-0.25, -0.2) is 9.97 Å². The van der Waals surface area contributed by atoms with Crippen LogP contribution in [0.25, 0.3) is 0 Å². The first-order valence-electron chi connectivity index (χ1n) is 8.10. The Morgan fingerprint density at radius 3 is 2.57 bits per heavy atom. The number of rotatable bonds is 4. The minimum absolute atomic E-state index is 0.0957. The molecular formula is C16H23N3O3S. The van der Waals surface area contributed by atoms with Crippen LogP contribution in [0.3, 0.4) is 0 Å². The van der Waals surface area contributed by atoms with Gasteiger partial charge in [-0.1, -0.05) is 11.8 Å². The van der Waals surface area contributed by atoms with E-state index in [1.165, 1.54) is 11.8 Å². The van der Waals surface area contributed by atoms with E-state index in [2.05, 4.69) is 15.3 Å². The van der Waals surface area contributed by atoms with Gasteiger partial charge in [0.25, 0.3) is 5.91 Å². The second-order valence-corrected chi connectivity index (χ2v) is 6.79. The third-order valence-electron chi connectivity index (χ3n) is 4.66. The summed E-state index contributed by atoms with van der Waals surface area (Å²) in [5.74, 6) is 0.828. The van der Waals surface area contributed by atoms with Gasteiger partial charge in [0.05, 0.1) is 12.2 Å². The van der Waals surface area contributed by atoms with Gasteiger partial charge >= 0.3 is 0 Å². The fraction of sp³-hybridized carbons (Fsp3) is 0.688. The van der Waals surface area contributed by atoms with E-state index in [1.54, 1.807) is 12.4 Å². The van der Waals surface area contributed by atoms with E-state index in [0.29, 0.717) is 29.2 Å². The van der Waals surface area contributed by atoms with Crippen molar-refractivity contribution in [2.24, 2.45) is 11.8 Å². The van der Waals surface area contributed by atoms with Gasteiger partial charge < -0.3 is 14.8 Å². The van der Waals surface area contributed by atoms with Crippen LogP contribution in [-0.2, 0) is 9.47 Å². The highest BCUT2D eigenvalue weighted by Crippen LogP contribution is 2.30. The number of nitrogens with one attached hydrogen (secondary N) is 1. The predicted molar refractivity (Wildman–Crippen MR) is 87.5 cm³/mol. The van der Waals surface area contributed by atoms with Gasteiger partial charge in [-0.05, 0) is 31.4 Å². The van der Waals surface area contributed by atoms with Crippen molar-refractivity contribution in [1.29, 1.82) is 0 Å². The van der Waals surface area contributed by atoms with Gasteiger partial charge in [-0.2, -0.15) is 0 Å². The van der Waals surface area contributed by atoms with Crippen LogP contribution in [0.5, 0.6) is 0 Å². The molecule has 0 radical (unpaired) electrons. The summed E-state index contributed by atoms with van der Waals surface area (Å²) >= 11 is 1.46. The van der Waals surface area contributed by atoms with E-state index >= 15 is 0 Å². The van der Waals surface area contributed by atoms with Crippen molar-refractivity contribution in [2.75, 3.05) is 32.7 Å². The first-order chi connectivity index (χ1) is 11.3. The average Bonchev–Trinajstić information content (AvgIpc) is 2.63. The summed E-state index contributed by atoms with van der Waals surface area (Å²) in [4.78, 5) is 20.8. The number of hydrogen-bond donors (Lipinski definition) is 1. The predicted octanol–water partition coefficient (Wildman–Crippen LogP) is 1.76. The van der Waals surface area contributed by atoms with Gasteiger partial charge in [-0.3, -0.25) is 4.79 Å². The molecular weight excluding hydrogens is 314 g/mol. The molecule has 3 heterocycles. The number of carbonyl (C=O) groups is 1. The van der Waals surface area contributed by atoms with E-state index < -0.39 is 0 Å². The SMILES string of the molecule is CSc1ncc(C(=O)N[C@H]2CCOC[C@H]2C2CCOCC2)cn1. The molecule has 2 atom stereocenters. The van der Waals surface area contributed by atoms with Crippen molar-refractivity contribution < 1.29 is 14.3 Å². The monoisotopic (exact) mass is 337 g/mol. The number of hydrogen-bond acceptors (Lipinski definition) is 6. The van der Waals surface area contributed by atoms with Crippen molar-refractivity contribution in [1.82, 2.24) is 15.3 Å². The Morgan fingerprint density at radius 2 is 1.87 bits per heavy atom. The van der Waals surface area contributed by atoms with Crippen molar-refractivity contribution >= 4 is 17.7 Å². The smallest absolute Gasteiger partial charge is 0.254 e. The summed E-state index contributed by atoms with van der Waals surface area (Å²) in [6, 6.07) is 0.152. The standard InChI is InChI=1S/C16H23N3O3S/c1-23-16-17-8-12(9-18-16)15(20)19-14-4-7-22-10-13(14)11-2-5-21-6-3-11/h8-9,11,13-14H,2-7,10H2,1H3,(H,19,20)/t13-,14-/m0/s1. The van der Waals surface area contributed by atoms with Crippen LogP contribution in [0, 0.1) is 11.8 Å². The number of nitrogens with zero attached hydrogens (tertiary/aromatic N) is 2. The second kappa shape index (κ2) is 8.08. The van der Waals surface area contributed by atoms with Gasteiger partial charge in [0.2, 0.25) is 0 Å². The summed E-state index contributed by atoms with van der Waals surface area (Å²) in [5, 5.41) is 3.85. The average molecular weight is 337 g/mol. The highest BCUT2D eigenvalue weighted by Gasteiger charge is 2.34. The van der Waals surface area contributed by atoms with Crippen LogP contribution in [0.15, 0.2) is 17.6 Å². The molecule has 0 spiro atoms. The van der Waals surface area contributed by atoms with E-state index in [1.807, 2.05) is 6.26 Å². The molecule has 23 heavy (non-hydrogen) atoms. The van der Waals surface area contributed by atoms with Gasteiger partial charge in [0, 0.05) is 44.2 Å². The summed E-state index contributed by atoms with van der Waals surface area (Å²) in [7, 11) is 0. The number of ether oxygens (including phenoxy) is 2. The van der Waals surface area contributed by atoms with E-state index in [9.17, 15) is 4.79 Å². The Hall–Kier alpha value is -1.18. The minimum atomic E-state index is -0.0957. The van der Waals surface area contributed by atoms with E-state index in [-0.39, 0.29) is 11.9 Å². The van der Waals surface area contributed by atoms with Crippen LogP contribution in [0.4, 0.5) is 0 Å². The Balaban J connectivity index is 1.64. The molecule has 2 fully saturated rings. The molecule has 1 aromatic heterocycles. The molecule has 2 saturated heterocycles. The summed E-state index contributed by atoms with van der Waals surface area (Å²) in [6.45, 7) is 3.04. The Kier molecular flexibility index (Phi) is 5.85. The van der Waals surface area contributed by atoms with Gasteiger partial charge in [0.15, 0.2) is 5.16 Å². The minimum Gasteiger partial charge on any atom is -0.381 e. The van der Waals surface area contributed by atoms with E-state index in [0.717, 1.165) is 39.1 Å². The van der Waals surface area contributed by atoms with Crippen molar-refractivity contribution in [3.05, 3.63) is 18.0 Å². The number of thioether (sulfide) groups is 1. The first-order valence-corrected chi connectivity index (χ1v) is 9.33. The zero-order valence-corrected chi connectivity index (χ0v) is 14.2. The number of aromatic nitrogens is 2. The molecule has 7 heteroatoms. The normalized spacial score (nSPS) is 26.0. The summed E-state index contributed by atoms with van der Waals surface area (Å²) in [5.41, 5.74) is 0.514. The quantitative estimate of drug-likeness (QED) is 0.667. The van der Waals surface area contributed by atoms with Crippen molar-refractivity contribution in [3.8, 4) is 0 Å². The van der Waals surface area contributed by atoms with Crippen LogP contribution in [-0.4, -0.2) is 54.6 Å². The van der Waals surface area contributed by atoms with Crippen LogP contribution < -0.4 is 5.32 Å². The topological polar surface area (TPSA) is 73.3 Å². The first kappa shape index (κ1) is 16.7. The fourth-order valence-electron chi connectivity index (χ4n) is 3.34. The zero-order valence-electron chi connectivity index (χ0n) is 13.4. The maximum Gasteiger partial charge on any atom is 0.254 e. The largest absolute Gasteiger partial charge is 0.381 e. The molecule has 0 unspecified atom stereocenters. The van der Waals surface area contributed by atoms with Crippen molar-refractivity contribution in [2.45, 2.75) is 30.5 Å². The third kappa shape index (κ3) is 4.22. The molecule has 1 amide bonds. The van der Waals surface area contributed by atoms with Gasteiger partial charge in [0.1, 0.15) is 0 Å². The number of carbonyl (C=O) groups excluding carboxylic acids is 1. The third-order valence-corrected chi connectivity index (χ3v) is 5.24. The molecule has 6 nitrogen and oxygen atoms in total. The number of amides is 1. The van der Waals surface area contributed by atoms with E-state index in [4.69, 9.17) is 9.47 Å². The lowest BCUT2D eigenvalue weighted by molar-refractivity contribution is -0.0259. The maximum absolute atomic E-state index is 12.5. The lowest BCUT2D eigenvalue weighted by atomic mass is 9.79.